The first-order valence-corrected chi connectivity index (χ1v) is 16.3. The van der Waals surface area contributed by atoms with Crippen LogP contribution in [0.3, 0.4) is 0 Å². The highest BCUT2D eigenvalue weighted by molar-refractivity contribution is 5.94. The van der Waals surface area contributed by atoms with E-state index in [2.05, 4.69) is 66.9 Å². The van der Waals surface area contributed by atoms with Crippen molar-refractivity contribution in [1.29, 1.82) is 0 Å². The summed E-state index contributed by atoms with van der Waals surface area (Å²) in [4.78, 5) is 37.9. The third kappa shape index (κ3) is 19.2. The summed E-state index contributed by atoms with van der Waals surface area (Å²) in [5.41, 5.74) is -1.41. The van der Waals surface area contributed by atoms with Crippen molar-refractivity contribution in [3.63, 3.8) is 0 Å². The number of carbonyl (C=O) groups excluding carboxylic acids is 3. The van der Waals surface area contributed by atoms with Crippen molar-refractivity contribution in [2.45, 2.75) is 97.7 Å². The lowest BCUT2D eigenvalue weighted by Gasteiger charge is -2.20. The van der Waals surface area contributed by atoms with Crippen molar-refractivity contribution in [3.8, 4) is 5.75 Å². The zero-order chi connectivity index (χ0) is 34.9. The van der Waals surface area contributed by atoms with Gasteiger partial charge < -0.3 is 14.8 Å². The quantitative estimate of drug-likeness (QED) is 0.0809. The van der Waals surface area contributed by atoms with E-state index >= 15 is 0 Å². The smallest absolute Gasteiger partial charge is 0.416 e. The zero-order valence-corrected chi connectivity index (χ0v) is 28.1. The molecule has 0 heterocycles. The first kappa shape index (κ1) is 40.9. The predicted molar refractivity (Wildman–Crippen MR) is 182 cm³/mol. The molecule has 1 N–H and O–H groups in total. The largest absolute Gasteiger partial charge is 0.462 e. The van der Waals surface area contributed by atoms with E-state index in [4.69, 9.17) is 9.47 Å². The molecule has 0 radical (unpaired) electrons. The number of alkyl halides is 3. The molecule has 47 heavy (non-hydrogen) atoms. The molecule has 1 amide bonds. The van der Waals surface area contributed by atoms with Crippen molar-refractivity contribution in [2.24, 2.45) is 5.92 Å². The highest BCUT2D eigenvalue weighted by Crippen LogP contribution is 2.33. The van der Waals surface area contributed by atoms with E-state index in [1.807, 2.05) is 32.1 Å². The molecule has 0 aliphatic rings. The summed E-state index contributed by atoms with van der Waals surface area (Å²) >= 11 is 0. The lowest BCUT2D eigenvalue weighted by molar-refractivity contribution is -0.141. The maximum absolute atomic E-state index is 13.3. The van der Waals surface area contributed by atoms with Crippen molar-refractivity contribution in [3.05, 3.63) is 102 Å². The van der Waals surface area contributed by atoms with Gasteiger partial charge in [0.1, 0.15) is 17.4 Å². The van der Waals surface area contributed by atoms with Crippen LogP contribution in [0.5, 0.6) is 5.75 Å². The Morgan fingerprint density at radius 1 is 0.787 bits per heavy atom. The zero-order valence-electron chi connectivity index (χ0n) is 28.1. The van der Waals surface area contributed by atoms with Crippen molar-refractivity contribution in [1.82, 2.24) is 5.32 Å². The summed E-state index contributed by atoms with van der Waals surface area (Å²) in [6.07, 6.45) is 26.6. The van der Waals surface area contributed by atoms with E-state index in [1.54, 1.807) is 6.92 Å². The van der Waals surface area contributed by atoms with Gasteiger partial charge in [-0.3, -0.25) is 4.79 Å². The van der Waals surface area contributed by atoms with E-state index in [9.17, 15) is 27.6 Å². The monoisotopic (exact) mass is 657 g/mol. The van der Waals surface area contributed by atoms with E-state index in [0.717, 1.165) is 44.6 Å². The minimum Gasteiger partial charge on any atom is -0.462 e. The SMILES string of the molecule is CC/C=C\C/C=C\C/C=C\C/C=C\C/C=C\C/C=C\CCC(=O)NC(CC(C)C)C(=O)Oc1cc(C(F)(F)F)ccc1C(=O)OCC. The van der Waals surface area contributed by atoms with Gasteiger partial charge >= 0.3 is 18.1 Å². The minimum atomic E-state index is -4.72. The fourth-order valence-electron chi connectivity index (χ4n) is 4.15. The molecule has 9 heteroatoms. The third-order valence-electron chi connectivity index (χ3n) is 6.48. The molecular formula is C38H50F3NO5. The number of ether oxygens (including phenoxy) is 2. The summed E-state index contributed by atoms with van der Waals surface area (Å²) in [6, 6.07) is 1.09. The lowest BCUT2D eigenvalue weighted by atomic mass is 10.0. The minimum absolute atomic E-state index is 0.0178. The Labute approximate surface area is 278 Å². The maximum atomic E-state index is 13.3. The van der Waals surface area contributed by atoms with Gasteiger partial charge in [-0.1, -0.05) is 93.7 Å². The number of benzene rings is 1. The molecule has 6 nitrogen and oxygen atoms in total. The van der Waals surface area contributed by atoms with Gasteiger partial charge in [0.2, 0.25) is 5.91 Å². The molecule has 0 aromatic heterocycles. The van der Waals surface area contributed by atoms with Crippen LogP contribution < -0.4 is 10.1 Å². The molecular weight excluding hydrogens is 607 g/mol. The summed E-state index contributed by atoms with van der Waals surface area (Å²) in [5, 5.41) is 2.63. The van der Waals surface area contributed by atoms with Crippen molar-refractivity contribution >= 4 is 17.8 Å². The first-order chi connectivity index (χ1) is 22.5. The molecule has 0 spiro atoms. The van der Waals surface area contributed by atoms with Gasteiger partial charge in [-0.2, -0.15) is 13.2 Å². The molecule has 0 saturated heterocycles. The van der Waals surface area contributed by atoms with Crippen molar-refractivity contribution in [2.75, 3.05) is 6.61 Å². The molecule has 258 valence electrons. The Kier molecular flexibility index (Phi) is 21.0. The Morgan fingerprint density at radius 3 is 1.77 bits per heavy atom. The van der Waals surface area contributed by atoms with Gasteiger partial charge in [0.05, 0.1) is 12.2 Å². The summed E-state index contributed by atoms with van der Waals surface area (Å²) < 4.78 is 50.1. The van der Waals surface area contributed by atoms with Crippen LogP contribution in [0.15, 0.2) is 91.1 Å². The number of allylic oxidation sites excluding steroid dienone is 12. The van der Waals surface area contributed by atoms with Gasteiger partial charge in [-0.15, -0.1) is 0 Å². The number of hydrogen-bond donors (Lipinski definition) is 1. The third-order valence-corrected chi connectivity index (χ3v) is 6.48. The van der Waals surface area contributed by atoms with Crippen LogP contribution in [0.4, 0.5) is 13.2 Å². The Morgan fingerprint density at radius 2 is 1.30 bits per heavy atom. The number of hydrogen-bond acceptors (Lipinski definition) is 5. The van der Waals surface area contributed by atoms with Gasteiger partial charge in [-0.25, -0.2) is 9.59 Å². The number of amides is 1. The number of halogens is 3. The van der Waals surface area contributed by atoms with E-state index < -0.39 is 41.4 Å². The van der Waals surface area contributed by atoms with Gasteiger partial charge in [0.25, 0.3) is 0 Å². The van der Waals surface area contributed by atoms with Crippen molar-refractivity contribution < 1.29 is 37.0 Å². The van der Waals surface area contributed by atoms with Crippen LogP contribution in [0, 0.1) is 5.92 Å². The summed E-state index contributed by atoms with van der Waals surface area (Å²) in [5.74, 6) is -2.91. The van der Waals surface area contributed by atoms with E-state index in [1.165, 1.54) is 0 Å². The molecule has 0 aliphatic heterocycles. The highest BCUT2D eigenvalue weighted by Gasteiger charge is 2.33. The van der Waals surface area contributed by atoms with E-state index in [0.29, 0.717) is 18.6 Å². The molecule has 0 fully saturated rings. The van der Waals surface area contributed by atoms with E-state index in [-0.39, 0.29) is 30.9 Å². The molecule has 0 saturated carbocycles. The topological polar surface area (TPSA) is 81.7 Å². The average Bonchev–Trinajstić information content (AvgIpc) is 3.01. The van der Waals surface area contributed by atoms with Crippen LogP contribution in [0.1, 0.15) is 101 Å². The lowest BCUT2D eigenvalue weighted by Crippen LogP contribution is -2.44. The Balaban J connectivity index is 2.54. The fourth-order valence-corrected chi connectivity index (χ4v) is 4.15. The maximum Gasteiger partial charge on any atom is 0.416 e. The normalized spacial score (nSPS) is 13.3. The first-order valence-electron chi connectivity index (χ1n) is 16.3. The molecule has 1 unspecified atom stereocenters. The van der Waals surface area contributed by atoms with Gasteiger partial charge in [-0.05, 0) is 82.4 Å². The molecule has 1 atom stereocenters. The fraction of sp³-hybridized carbons (Fsp3) is 0.447. The standard InChI is InChI=1S/C38H50F3NO5/c1-5-7-8-9-10-11-12-13-14-15-16-17-18-19-20-21-22-23-24-25-35(43)42-33(28-30(3)4)37(45)47-34-29-31(38(39,40)41)26-27-32(34)36(44)46-6-2/h7-8,10-11,13-14,16-17,19-20,22-23,26-27,29-30,33H,5-6,9,12,15,18,21,24-25,28H2,1-4H3,(H,42,43)/b8-7-,11-10-,14-13-,17-16-,20-19-,23-22-. The number of esters is 2. The highest BCUT2D eigenvalue weighted by atomic mass is 19.4. The van der Waals surface area contributed by atoms with Crippen LogP contribution in [-0.2, 0) is 20.5 Å². The van der Waals surface area contributed by atoms with Gasteiger partial charge in [0.15, 0.2) is 0 Å². The number of rotatable bonds is 21. The predicted octanol–water partition coefficient (Wildman–Crippen LogP) is 9.80. The second kappa shape index (κ2) is 24.1. The molecule has 1 rings (SSSR count). The summed E-state index contributed by atoms with van der Waals surface area (Å²) in [7, 11) is 0. The second-order valence-corrected chi connectivity index (χ2v) is 11.1. The number of carbonyl (C=O) groups is 3. The Hall–Kier alpha value is -4.14. The van der Waals surface area contributed by atoms with Crippen LogP contribution in [0.25, 0.3) is 0 Å². The molecule has 1 aromatic carbocycles. The Bertz CT molecular complexity index is 1270. The van der Waals surface area contributed by atoms with Crippen LogP contribution in [0.2, 0.25) is 0 Å². The average molecular weight is 658 g/mol. The van der Waals surface area contributed by atoms with Crippen LogP contribution in [-0.4, -0.2) is 30.5 Å². The van der Waals surface area contributed by atoms with Gasteiger partial charge in [0, 0.05) is 6.42 Å². The molecule has 0 bridgehead atoms. The summed E-state index contributed by atoms with van der Waals surface area (Å²) in [6.45, 7) is 7.31. The second-order valence-electron chi connectivity index (χ2n) is 11.1. The van der Waals surface area contributed by atoms with Crippen LogP contribution >= 0.6 is 0 Å². The molecule has 0 aliphatic carbocycles. The molecule has 1 aromatic rings. The number of nitrogens with one attached hydrogen (secondary N) is 1.